The summed E-state index contributed by atoms with van der Waals surface area (Å²) in [6, 6.07) is 11.3. The molecule has 0 amide bonds. The van der Waals surface area contributed by atoms with E-state index in [-0.39, 0.29) is 5.56 Å². The molecule has 0 spiro atoms. The first-order chi connectivity index (χ1) is 9.56. The van der Waals surface area contributed by atoms with Crippen molar-refractivity contribution in [2.75, 3.05) is 7.11 Å². The van der Waals surface area contributed by atoms with E-state index in [0.717, 1.165) is 4.47 Å². The number of carbonyl (C=O) groups excluding carboxylic acids is 1. The summed E-state index contributed by atoms with van der Waals surface area (Å²) in [6.07, 6.45) is 0. The molecule has 0 N–H and O–H groups in total. The molecule has 0 saturated carbocycles. The third kappa shape index (κ3) is 2.70. The van der Waals surface area contributed by atoms with Gasteiger partial charge >= 0.3 is 5.97 Å². The molecule has 0 aliphatic heterocycles. The summed E-state index contributed by atoms with van der Waals surface area (Å²) in [4.78, 5) is 11.3. The minimum atomic E-state index is -0.731. The van der Waals surface area contributed by atoms with Gasteiger partial charge in [-0.15, -0.1) is 0 Å². The summed E-state index contributed by atoms with van der Waals surface area (Å²) < 4.78 is 19.1. The van der Waals surface area contributed by atoms with Crippen LogP contribution in [0.3, 0.4) is 0 Å². The molecule has 0 aliphatic carbocycles. The van der Waals surface area contributed by atoms with Gasteiger partial charge in [0.05, 0.1) is 24.3 Å². The number of carbonyl (C=O) groups is 1. The molecular formula is C15H9BrFNO2. The lowest BCUT2D eigenvalue weighted by Gasteiger charge is -2.07. The van der Waals surface area contributed by atoms with Crippen LogP contribution in [0.5, 0.6) is 0 Å². The average Bonchev–Trinajstić information content (AvgIpc) is 2.46. The van der Waals surface area contributed by atoms with Gasteiger partial charge in [-0.1, -0.05) is 28.1 Å². The molecular weight excluding hydrogens is 325 g/mol. The highest BCUT2D eigenvalue weighted by Crippen LogP contribution is 2.27. The van der Waals surface area contributed by atoms with E-state index in [0.29, 0.717) is 16.7 Å². The van der Waals surface area contributed by atoms with Crippen LogP contribution in [0.2, 0.25) is 0 Å². The molecule has 20 heavy (non-hydrogen) atoms. The molecule has 0 unspecified atom stereocenters. The Morgan fingerprint density at radius 1 is 1.30 bits per heavy atom. The zero-order valence-corrected chi connectivity index (χ0v) is 12.1. The number of hydrogen-bond donors (Lipinski definition) is 0. The summed E-state index contributed by atoms with van der Waals surface area (Å²) in [6.45, 7) is 0. The number of methoxy groups -OCH3 is 1. The lowest BCUT2D eigenvalue weighted by Crippen LogP contribution is -2.04. The molecule has 2 rings (SSSR count). The Hall–Kier alpha value is -2.19. The fraction of sp³-hybridized carbons (Fsp3) is 0.0667. The molecule has 0 aliphatic rings. The number of esters is 1. The number of benzene rings is 2. The van der Waals surface area contributed by atoms with E-state index in [2.05, 4.69) is 26.7 Å². The second-order valence-electron chi connectivity index (χ2n) is 3.99. The highest BCUT2D eigenvalue weighted by atomic mass is 79.9. The van der Waals surface area contributed by atoms with Gasteiger partial charge in [0, 0.05) is 4.47 Å². The second-order valence-corrected chi connectivity index (χ2v) is 4.90. The topological polar surface area (TPSA) is 50.1 Å². The summed E-state index contributed by atoms with van der Waals surface area (Å²) in [7, 11) is 1.19. The van der Waals surface area contributed by atoms with Crippen LogP contribution in [0.15, 0.2) is 40.9 Å². The number of halogens is 2. The van der Waals surface area contributed by atoms with E-state index in [1.54, 1.807) is 24.3 Å². The van der Waals surface area contributed by atoms with Crippen LogP contribution in [-0.4, -0.2) is 13.1 Å². The van der Waals surface area contributed by atoms with Gasteiger partial charge in [-0.05, 0) is 35.4 Å². The molecule has 0 bridgehead atoms. The van der Waals surface area contributed by atoms with Gasteiger partial charge in [-0.3, -0.25) is 0 Å². The van der Waals surface area contributed by atoms with Crippen molar-refractivity contribution < 1.29 is 13.9 Å². The Morgan fingerprint density at radius 2 is 2.05 bits per heavy atom. The maximum absolute atomic E-state index is 13.9. The van der Waals surface area contributed by atoms with Crippen molar-refractivity contribution in [1.82, 2.24) is 0 Å². The average molecular weight is 334 g/mol. The van der Waals surface area contributed by atoms with Gasteiger partial charge in [0.15, 0.2) is 0 Å². The van der Waals surface area contributed by atoms with Gasteiger partial charge in [-0.2, -0.15) is 5.26 Å². The predicted octanol–water partition coefficient (Wildman–Crippen LogP) is 3.91. The SMILES string of the molecule is COC(=O)c1ccc(-c2ccc(Br)cc2C#N)cc1F. The van der Waals surface area contributed by atoms with Crippen molar-refractivity contribution in [3.05, 3.63) is 57.8 Å². The summed E-state index contributed by atoms with van der Waals surface area (Å²) >= 11 is 3.28. The molecule has 0 atom stereocenters. The Bertz CT molecular complexity index is 722. The maximum Gasteiger partial charge on any atom is 0.340 e. The van der Waals surface area contributed by atoms with Crippen molar-refractivity contribution in [1.29, 1.82) is 5.26 Å². The third-order valence-electron chi connectivity index (χ3n) is 2.79. The number of nitrogens with zero attached hydrogens (tertiary/aromatic N) is 1. The van der Waals surface area contributed by atoms with E-state index < -0.39 is 11.8 Å². The minimum absolute atomic E-state index is 0.133. The van der Waals surface area contributed by atoms with Crippen LogP contribution in [0.4, 0.5) is 4.39 Å². The van der Waals surface area contributed by atoms with E-state index in [4.69, 9.17) is 5.26 Å². The molecule has 0 heterocycles. The van der Waals surface area contributed by atoms with Crippen LogP contribution >= 0.6 is 15.9 Å². The number of nitriles is 1. The van der Waals surface area contributed by atoms with Crippen molar-refractivity contribution in [3.8, 4) is 17.2 Å². The first kappa shape index (κ1) is 14.2. The quantitative estimate of drug-likeness (QED) is 0.783. The van der Waals surface area contributed by atoms with Gasteiger partial charge in [-0.25, -0.2) is 9.18 Å². The molecule has 2 aromatic rings. The van der Waals surface area contributed by atoms with Crippen molar-refractivity contribution in [2.24, 2.45) is 0 Å². The van der Waals surface area contributed by atoms with Gasteiger partial charge in [0.2, 0.25) is 0 Å². The second kappa shape index (κ2) is 5.85. The lowest BCUT2D eigenvalue weighted by atomic mass is 9.99. The Kier molecular flexibility index (Phi) is 4.16. The maximum atomic E-state index is 13.9. The van der Waals surface area contributed by atoms with Gasteiger partial charge in [0.1, 0.15) is 5.82 Å². The van der Waals surface area contributed by atoms with Gasteiger partial charge in [0.25, 0.3) is 0 Å². The van der Waals surface area contributed by atoms with E-state index >= 15 is 0 Å². The largest absolute Gasteiger partial charge is 0.465 e. The molecule has 0 radical (unpaired) electrons. The number of rotatable bonds is 2. The minimum Gasteiger partial charge on any atom is -0.465 e. The normalized spacial score (nSPS) is 9.90. The fourth-order valence-electron chi connectivity index (χ4n) is 1.82. The van der Waals surface area contributed by atoms with Crippen LogP contribution in [-0.2, 0) is 4.74 Å². The number of hydrogen-bond acceptors (Lipinski definition) is 3. The summed E-state index contributed by atoms with van der Waals surface area (Å²) in [5.74, 6) is -1.41. The van der Waals surface area contributed by atoms with Crippen LogP contribution < -0.4 is 0 Å². The Balaban J connectivity index is 2.53. The smallest absolute Gasteiger partial charge is 0.340 e. The molecule has 0 fully saturated rings. The van der Waals surface area contributed by atoms with Crippen LogP contribution in [0, 0.1) is 17.1 Å². The zero-order chi connectivity index (χ0) is 14.7. The van der Waals surface area contributed by atoms with Crippen molar-refractivity contribution >= 4 is 21.9 Å². The third-order valence-corrected chi connectivity index (χ3v) is 3.28. The fourth-order valence-corrected chi connectivity index (χ4v) is 2.18. The van der Waals surface area contributed by atoms with Crippen molar-refractivity contribution in [3.63, 3.8) is 0 Å². The van der Waals surface area contributed by atoms with Crippen molar-refractivity contribution in [2.45, 2.75) is 0 Å². The molecule has 2 aromatic carbocycles. The van der Waals surface area contributed by atoms with Crippen LogP contribution in [0.25, 0.3) is 11.1 Å². The first-order valence-electron chi connectivity index (χ1n) is 5.64. The lowest BCUT2D eigenvalue weighted by molar-refractivity contribution is 0.0595. The molecule has 5 heteroatoms. The molecule has 3 nitrogen and oxygen atoms in total. The first-order valence-corrected chi connectivity index (χ1v) is 6.44. The van der Waals surface area contributed by atoms with Crippen LogP contribution in [0.1, 0.15) is 15.9 Å². The number of ether oxygens (including phenoxy) is 1. The Labute approximate surface area is 123 Å². The monoisotopic (exact) mass is 333 g/mol. The molecule has 0 saturated heterocycles. The van der Waals surface area contributed by atoms with E-state index in [9.17, 15) is 9.18 Å². The van der Waals surface area contributed by atoms with E-state index in [1.807, 2.05) is 0 Å². The molecule has 100 valence electrons. The Morgan fingerprint density at radius 3 is 2.65 bits per heavy atom. The predicted molar refractivity (Wildman–Crippen MR) is 75.6 cm³/mol. The van der Waals surface area contributed by atoms with E-state index in [1.165, 1.54) is 19.2 Å². The zero-order valence-electron chi connectivity index (χ0n) is 10.5. The highest BCUT2D eigenvalue weighted by Gasteiger charge is 2.14. The summed E-state index contributed by atoms with van der Waals surface area (Å²) in [5, 5.41) is 9.12. The standard InChI is InChI=1S/C15H9BrFNO2/c1-20-15(19)13-4-2-9(7-14(13)17)12-5-3-11(16)6-10(12)8-18/h2-7H,1H3. The molecule has 0 aromatic heterocycles. The van der Waals surface area contributed by atoms with Gasteiger partial charge < -0.3 is 4.74 Å². The summed E-state index contributed by atoms with van der Waals surface area (Å²) in [5.41, 5.74) is 1.42. The highest BCUT2D eigenvalue weighted by molar-refractivity contribution is 9.10.